The highest BCUT2D eigenvalue weighted by Crippen LogP contribution is 2.32. The van der Waals surface area contributed by atoms with Crippen LogP contribution in [0.3, 0.4) is 0 Å². The number of hydrogen-bond donors (Lipinski definition) is 3. The standard InChI is InChI=1S/C12H8N4O6S/c13-23(21,22)5-1-2-6-7(3-5)9(16(19)20)4-8-10(6)15-12(18)11(17)14-8/h1-4H,(H,14,17)(H,15,18)(H2,13,21,22). The number of benzene rings is 2. The van der Waals surface area contributed by atoms with Gasteiger partial charge < -0.3 is 9.97 Å². The van der Waals surface area contributed by atoms with Crippen molar-refractivity contribution in [2.75, 3.05) is 0 Å². The molecule has 0 spiro atoms. The van der Waals surface area contributed by atoms with Gasteiger partial charge in [0, 0.05) is 11.5 Å². The maximum Gasteiger partial charge on any atom is 0.314 e. The number of nitrogens with zero attached hydrogens (tertiary/aromatic N) is 1. The van der Waals surface area contributed by atoms with Crippen LogP contribution in [0.1, 0.15) is 0 Å². The first-order valence-corrected chi connectivity index (χ1v) is 7.63. The number of fused-ring (bicyclic) bond motifs is 3. The van der Waals surface area contributed by atoms with E-state index in [2.05, 4.69) is 9.97 Å². The monoisotopic (exact) mass is 336 g/mol. The molecule has 0 radical (unpaired) electrons. The number of nitrogens with one attached hydrogen (secondary N) is 2. The Morgan fingerprint density at radius 2 is 1.70 bits per heavy atom. The minimum atomic E-state index is -4.06. The Bertz CT molecular complexity index is 1210. The summed E-state index contributed by atoms with van der Waals surface area (Å²) >= 11 is 0. The summed E-state index contributed by atoms with van der Waals surface area (Å²) in [6.07, 6.45) is 0. The summed E-state index contributed by atoms with van der Waals surface area (Å²) in [6, 6.07) is 4.52. The zero-order valence-electron chi connectivity index (χ0n) is 11.2. The molecule has 0 unspecified atom stereocenters. The largest absolute Gasteiger partial charge is 0.316 e. The van der Waals surface area contributed by atoms with Crippen LogP contribution < -0.4 is 16.3 Å². The molecule has 0 aliphatic rings. The normalized spacial score (nSPS) is 11.9. The van der Waals surface area contributed by atoms with Crippen molar-refractivity contribution in [3.63, 3.8) is 0 Å². The summed E-state index contributed by atoms with van der Waals surface area (Å²) in [5.74, 6) is 0. The molecule has 0 fully saturated rings. The molecule has 2 aromatic carbocycles. The van der Waals surface area contributed by atoms with E-state index in [0.717, 1.165) is 18.2 Å². The number of primary sulfonamides is 1. The number of hydrogen-bond acceptors (Lipinski definition) is 6. The lowest BCUT2D eigenvalue weighted by Gasteiger charge is -2.06. The molecule has 118 valence electrons. The van der Waals surface area contributed by atoms with E-state index in [1.165, 1.54) is 6.07 Å². The highest BCUT2D eigenvalue weighted by Gasteiger charge is 2.19. The molecule has 10 nitrogen and oxygen atoms in total. The van der Waals surface area contributed by atoms with E-state index in [4.69, 9.17) is 5.14 Å². The zero-order valence-corrected chi connectivity index (χ0v) is 12.0. The van der Waals surface area contributed by atoms with E-state index in [9.17, 15) is 28.1 Å². The molecule has 11 heteroatoms. The summed E-state index contributed by atoms with van der Waals surface area (Å²) in [5.41, 5.74) is -2.11. The molecule has 23 heavy (non-hydrogen) atoms. The van der Waals surface area contributed by atoms with Crippen LogP contribution >= 0.6 is 0 Å². The van der Waals surface area contributed by atoms with Crippen molar-refractivity contribution in [3.8, 4) is 0 Å². The average molecular weight is 336 g/mol. The molecule has 4 N–H and O–H groups in total. The number of nitro benzene ring substituents is 1. The van der Waals surface area contributed by atoms with Gasteiger partial charge in [-0.1, -0.05) is 6.07 Å². The highest BCUT2D eigenvalue weighted by atomic mass is 32.2. The van der Waals surface area contributed by atoms with E-state index in [-0.39, 0.29) is 26.7 Å². The van der Waals surface area contributed by atoms with E-state index in [0.29, 0.717) is 0 Å². The Hall–Kier alpha value is -3.05. The van der Waals surface area contributed by atoms with Gasteiger partial charge >= 0.3 is 11.1 Å². The Morgan fingerprint density at radius 3 is 2.30 bits per heavy atom. The molecule has 0 amide bonds. The molecule has 0 bridgehead atoms. The Balaban J connectivity index is 2.59. The van der Waals surface area contributed by atoms with E-state index < -0.39 is 31.8 Å². The predicted octanol–water partition coefficient (Wildman–Crippen LogP) is -0.0748. The van der Waals surface area contributed by atoms with Crippen molar-refractivity contribution in [3.05, 3.63) is 55.1 Å². The van der Waals surface area contributed by atoms with Gasteiger partial charge in [-0.2, -0.15) is 0 Å². The SMILES string of the molecule is NS(=O)(=O)c1ccc2c(c1)c([N+](=O)[O-])cc1[nH]c(=O)c(=O)[nH]c12. The van der Waals surface area contributed by atoms with Crippen LogP contribution in [0.25, 0.3) is 21.8 Å². The van der Waals surface area contributed by atoms with E-state index in [1.54, 1.807) is 0 Å². The zero-order chi connectivity index (χ0) is 16.9. The maximum absolute atomic E-state index is 11.5. The van der Waals surface area contributed by atoms with Crippen molar-refractivity contribution >= 4 is 37.5 Å². The lowest BCUT2D eigenvalue weighted by atomic mass is 10.1. The van der Waals surface area contributed by atoms with E-state index >= 15 is 0 Å². The van der Waals surface area contributed by atoms with Crippen molar-refractivity contribution in [1.82, 2.24) is 9.97 Å². The van der Waals surface area contributed by atoms with E-state index in [1.807, 2.05) is 0 Å². The van der Waals surface area contributed by atoms with Crippen LogP contribution in [0, 0.1) is 10.1 Å². The second-order valence-electron chi connectivity index (χ2n) is 4.74. The van der Waals surface area contributed by atoms with Crippen molar-refractivity contribution in [2.45, 2.75) is 4.90 Å². The number of aromatic nitrogens is 2. The van der Waals surface area contributed by atoms with Crippen molar-refractivity contribution in [1.29, 1.82) is 0 Å². The Labute approximate surface area is 126 Å². The quantitative estimate of drug-likeness (QED) is 0.256. The average Bonchev–Trinajstić information content (AvgIpc) is 2.46. The number of aromatic amines is 2. The first-order chi connectivity index (χ1) is 10.7. The lowest BCUT2D eigenvalue weighted by molar-refractivity contribution is -0.383. The van der Waals surface area contributed by atoms with Crippen LogP contribution in [0.4, 0.5) is 5.69 Å². The third-order valence-corrected chi connectivity index (χ3v) is 4.22. The molecular formula is C12H8N4O6S. The van der Waals surface area contributed by atoms with Crippen LogP contribution in [0.15, 0.2) is 38.8 Å². The van der Waals surface area contributed by atoms with Crippen molar-refractivity contribution in [2.24, 2.45) is 5.14 Å². The molecule has 0 saturated heterocycles. The number of sulfonamides is 1. The third kappa shape index (κ3) is 2.37. The highest BCUT2D eigenvalue weighted by molar-refractivity contribution is 7.89. The Kier molecular flexibility index (Phi) is 3.05. The number of non-ortho nitro benzene ring substituents is 1. The molecule has 3 rings (SSSR count). The summed E-state index contributed by atoms with van der Waals surface area (Å²) in [4.78, 5) is 37.6. The van der Waals surface area contributed by atoms with Gasteiger partial charge in [0.05, 0.1) is 26.2 Å². The van der Waals surface area contributed by atoms with Crippen molar-refractivity contribution < 1.29 is 13.3 Å². The molecule has 0 aliphatic carbocycles. The molecule has 1 aromatic heterocycles. The minimum Gasteiger partial charge on any atom is -0.316 e. The van der Waals surface area contributed by atoms with Crippen LogP contribution in [-0.4, -0.2) is 23.3 Å². The van der Waals surface area contributed by atoms with Gasteiger partial charge in [-0.15, -0.1) is 0 Å². The molecule has 1 heterocycles. The first kappa shape index (κ1) is 14.9. The predicted molar refractivity (Wildman–Crippen MR) is 80.7 cm³/mol. The van der Waals surface area contributed by atoms with Gasteiger partial charge in [0.2, 0.25) is 10.0 Å². The fourth-order valence-corrected chi connectivity index (χ4v) is 2.84. The second-order valence-corrected chi connectivity index (χ2v) is 6.30. The number of nitrogens with two attached hydrogens (primary N) is 1. The fourth-order valence-electron chi connectivity index (χ4n) is 2.30. The summed E-state index contributed by atoms with van der Waals surface area (Å²) in [7, 11) is -4.06. The fraction of sp³-hybridized carbons (Fsp3) is 0. The lowest BCUT2D eigenvalue weighted by Crippen LogP contribution is -2.29. The first-order valence-electron chi connectivity index (χ1n) is 6.09. The van der Waals surface area contributed by atoms with Crippen LogP contribution in [-0.2, 0) is 10.0 Å². The minimum absolute atomic E-state index is 0.0308. The second kappa shape index (κ2) is 4.72. The van der Waals surface area contributed by atoms with Gasteiger partial charge in [0.15, 0.2) is 0 Å². The van der Waals surface area contributed by atoms with Gasteiger partial charge in [-0.25, -0.2) is 13.6 Å². The van der Waals surface area contributed by atoms with Gasteiger partial charge in [0.25, 0.3) is 5.69 Å². The number of nitro groups is 1. The van der Waals surface area contributed by atoms with Crippen LogP contribution in [0.5, 0.6) is 0 Å². The molecule has 3 aromatic rings. The summed E-state index contributed by atoms with van der Waals surface area (Å²) in [6.45, 7) is 0. The molecule has 0 saturated carbocycles. The summed E-state index contributed by atoms with van der Waals surface area (Å²) < 4.78 is 22.8. The van der Waals surface area contributed by atoms with Gasteiger partial charge in [0.1, 0.15) is 0 Å². The van der Waals surface area contributed by atoms with Gasteiger partial charge in [-0.05, 0) is 12.1 Å². The third-order valence-electron chi connectivity index (χ3n) is 3.30. The number of rotatable bonds is 2. The number of H-pyrrole nitrogens is 2. The molecular weight excluding hydrogens is 328 g/mol. The smallest absolute Gasteiger partial charge is 0.314 e. The molecule has 0 atom stereocenters. The maximum atomic E-state index is 11.5. The Morgan fingerprint density at radius 1 is 1.04 bits per heavy atom. The van der Waals surface area contributed by atoms with Crippen LogP contribution in [0.2, 0.25) is 0 Å². The summed E-state index contributed by atoms with van der Waals surface area (Å²) in [5, 5.41) is 16.4. The van der Waals surface area contributed by atoms with Gasteiger partial charge in [-0.3, -0.25) is 19.7 Å². The topological polar surface area (TPSA) is 169 Å². The molecule has 0 aliphatic heterocycles.